The molecule has 1 fully saturated rings. The summed E-state index contributed by atoms with van der Waals surface area (Å²) in [5, 5.41) is 31.6. The summed E-state index contributed by atoms with van der Waals surface area (Å²) in [5.41, 5.74) is 0.977. The Morgan fingerprint density at radius 2 is 1.86 bits per heavy atom. The molecule has 2 aliphatic rings. The van der Waals surface area contributed by atoms with Crippen molar-refractivity contribution in [3.05, 3.63) is 57.6 Å². The fourth-order valence-electron chi connectivity index (χ4n) is 4.15. The lowest BCUT2D eigenvalue weighted by Gasteiger charge is -2.46. The van der Waals surface area contributed by atoms with Gasteiger partial charge in [0, 0.05) is 31.6 Å². The summed E-state index contributed by atoms with van der Waals surface area (Å²) in [4.78, 5) is 2.19. The van der Waals surface area contributed by atoms with E-state index in [0.717, 1.165) is 31.5 Å². The summed E-state index contributed by atoms with van der Waals surface area (Å²) in [5.74, 6) is 0.768. The van der Waals surface area contributed by atoms with E-state index in [-0.39, 0.29) is 5.75 Å². The Kier molecular flexibility index (Phi) is 5.47. The van der Waals surface area contributed by atoms with Gasteiger partial charge in [-0.1, -0.05) is 29.3 Å². The molecule has 2 aromatic rings. The number of likely N-dealkylation sites (tertiary alicyclic amines) is 1. The van der Waals surface area contributed by atoms with Crippen LogP contribution in [0.3, 0.4) is 0 Å². The van der Waals surface area contributed by atoms with Gasteiger partial charge in [0.2, 0.25) is 0 Å². The summed E-state index contributed by atoms with van der Waals surface area (Å²) in [7, 11) is 0. The molecule has 0 amide bonds. The molecule has 0 aliphatic carbocycles. The van der Waals surface area contributed by atoms with Crippen molar-refractivity contribution in [3.63, 3.8) is 0 Å². The third-order valence-corrected chi connectivity index (χ3v) is 6.51. The van der Waals surface area contributed by atoms with Gasteiger partial charge in [0.15, 0.2) is 0 Å². The molecule has 3 N–H and O–H groups in total. The van der Waals surface area contributed by atoms with Gasteiger partial charge in [-0.3, -0.25) is 0 Å². The zero-order valence-corrected chi connectivity index (χ0v) is 16.8. The highest BCUT2D eigenvalue weighted by Gasteiger charge is 2.43. The van der Waals surface area contributed by atoms with Crippen molar-refractivity contribution in [1.82, 2.24) is 4.90 Å². The molecule has 2 aliphatic heterocycles. The molecule has 1 spiro atoms. The van der Waals surface area contributed by atoms with E-state index in [4.69, 9.17) is 27.9 Å². The van der Waals surface area contributed by atoms with Gasteiger partial charge in [0.1, 0.15) is 17.1 Å². The maximum absolute atomic E-state index is 10.5. The third kappa shape index (κ3) is 3.95. The van der Waals surface area contributed by atoms with Gasteiger partial charge in [-0.2, -0.15) is 0 Å². The first-order valence-electron chi connectivity index (χ1n) is 9.41. The predicted octanol–water partition coefficient (Wildman–Crippen LogP) is 4.08. The number of ether oxygens (including phenoxy) is 1. The molecule has 0 aromatic heterocycles. The maximum Gasteiger partial charge on any atom is 0.126 e. The topological polar surface area (TPSA) is 73.2 Å². The van der Waals surface area contributed by atoms with Crippen LogP contribution >= 0.6 is 23.2 Å². The number of aliphatic hydroxyl groups excluding tert-OH is 2. The number of β-amino-alcohol motifs (C(OH)–C–C–N with tert-alkyl or cyclic N) is 1. The zero-order valence-electron chi connectivity index (χ0n) is 15.3. The Balaban J connectivity index is 1.39. The number of fused-ring (bicyclic) bond motifs is 1. The molecule has 0 saturated carbocycles. The van der Waals surface area contributed by atoms with E-state index in [1.807, 2.05) is 0 Å². The fourth-order valence-corrected chi connectivity index (χ4v) is 4.45. The number of aliphatic hydroxyl groups is 2. The first-order valence-corrected chi connectivity index (χ1v) is 10.2. The van der Waals surface area contributed by atoms with E-state index in [9.17, 15) is 15.3 Å². The standard InChI is InChI=1S/C21H23Cl2NO4/c22-16-3-1-13(9-17(16)23)19(27)12-24-7-5-21(6-8-24)11-18(26)15-10-14(25)2-4-20(15)28-21/h1-4,9-10,18-19,25-27H,5-8,11-12H2/t18-,19+/m0/s1. The Hall–Kier alpha value is -1.50. The van der Waals surface area contributed by atoms with Crippen LogP contribution in [0.1, 0.15) is 42.6 Å². The molecule has 2 atom stereocenters. The average Bonchev–Trinajstić information content (AvgIpc) is 2.67. The number of aromatic hydroxyl groups is 1. The summed E-state index contributed by atoms with van der Waals surface area (Å²) in [6.07, 6.45) is 0.735. The van der Waals surface area contributed by atoms with E-state index >= 15 is 0 Å². The number of halogens is 2. The fraction of sp³-hybridized carbons (Fsp3) is 0.429. The normalized spacial score (nSPS) is 22.5. The second-order valence-electron chi connectivity index (χ2n) is 7.72. The van der Waals surface area contributed by atoms with E-state index in [0.29, 0.717) is 34.3 Å². The summed E-state index contributed by atoms with van der Waals surface area (Å²) in [6.45, 7) is 2.03. The van der Waals surface area contributed by atoms with Crippen molar-refractivity contribution in [3.8, 4) is 11.5 Å². The van der Waals surface area contributed by atoms with Crippen LogP contribution < -0.4 is 4.74 Å². The molecule has 2 aromatic carbocycles. The molecule has 150 valence electrons. The predicted molar refractivity (Wildman–Crippen MR) is 108 cm³/mol. The molecule has 2 heterocycles. The minimum atomic E-state index is -0.649. The van der Waals surface area contributed by atoms with Crippen molar-refractivity contribution < 1.29 is 20.1 Å². The van der Waals surface area contributed by atoms with Crippen LogP contribution in [0.15, 0.2) is 36.4 Å². The van der Waals surface area contributed by atoms with Crippen LogP contribution in [-0.4, -0.2) is 45.5 Å². The minimum Gasteiger partial charge on any atom is -0.508 e. The van der Waals surface area contributed by atoms with Crippen molar-refractivity contribution in [2.75, 3.05) is 19.6 Å². The molecular weight excluding hydrogens is 401 g/mol. The largest absolute Gasteiger partial charge is 0.508 e. The molecule has 0 bridgehead atoms. The van der Waals surface area contributed by atoms with Gasteiger partial charge in [-0.05, 0) is 48.7 Å². The molecule has 0 radical (unpaired) electrons. The van der Waals surface area contributed by atoms with Crippen molar-refractivity contribution >= 4 is 23.2 Å². The quantitative estimate of drug-likeness (QED) is 0.693. The van der Waals surface area contributed by atoms with E-state index < -0.39 is 17.8 Å². The lowest BCUT2D eigenvalue weighted by molar-refractivity contribution is -0.0588. The molecule has 7 heteroatoms. The smallest absolute Gasteiger partial charge is 0.126 e. The number of rotatable bonds is 3. The number of phenols is 1. The first-order chi connectivity index (χ1) is 13.3. The van der Waals surface area contributed by atoms with Gasteiger partial charge >= 0.3 is 0 Å². The molecule has 28 heavy (non-hydrogen) atoms. The van der Waals surface area contributed by atoms with Gasteiger partial charge in [-0.15, -0.1) is 0 Å². The zero-order chi connectivity index (χ0) is 19.9. The van der Waals surface area contributed by atoms with E-state index in [2.05, 4.69) is 4.90 Å². The van der Waals surface area contributed by atoms with Crippen LogP contribution in [-0.2, 0) is 0 Å². The summed E-state index contributed by atoms with van der Waals surface area (Å²) >= 11 is 12.0. The number of hydrogen-bond donors (Lipinski definition) is 3. The van der Waals surface area contributed by atoms with Crippen molar-refractivity contribution in [1.29, 1.82) is 0 Å². The Labute approximate surface area is 174 Å². The molecule has 5 nitrogen and oxygen atoms in total. The van der Waals surface area contributed by atoms with E-state index in [1.54, 1.807) is 36.4 Å². The van der Waals surface area contributed by atoms with Gasteiger partial charge in [-0.25, -0.2) is 0 Å². The number of benzene rings is 2. The average molecular weight is 424 g/mol. The second-order valence-corrected chi connectivity index (χ2v) is 8.53. The SMILES string of the molecule is Oc1ccc2c(c1)[C@@H](O)CC1(CCN(C[C@@H](O)c3ccc(Cl)c(Cl)c3)CC1)O2. The third-order valence-electron chi connectivity index (χ3n) is 5.77. The Morgan fingerprint density at radius 1 is 1.11 bits per heavy atom. The lowest BCUT2D eigenvalue weighted by atomic mass is 9.81. The maximum atomic E-state index is 10.5. The van der Waals surface area contributed by atoms with Gasteiger partial charge in [0.25, 0.3) is 0 Å². The van der Waals surface area contributed by atoms with Crippen molar-refractivity contribution in [2.45, 2.75) is 37.1 Å². The van der Waals surface area contributed by atoms with Crippen LogP contribution in [0.5, 0.6) is 11.5 Å². The van der Waals surface area contributed by atoms with Crippen LogP contribution in [0, 0.1) is 0 Å². The van der Waals surface area contributed by atoms with Crippen LogP contribution in [0.25, 0.3) is 0 Å². The highest BCUT2D eigenvalue weighted by molar-refractivity contribution is 6.42. The van der Waals surface area contributed by atoms with Gasteiger partial charge in [0.05, 0.1) is 22.3 Å². The summed E-state index contributed by atoms with van der Waals surface area (Å²) in [6, 6.07) is 10.0. The molecular formula is C21H23Cl2NO4. The lowest BCUT2D eigenvalue weighted by Crippen LogP contribution is -2.51. The number of nitrogens with zero attached hydrogens (tertiary/aromatic N) is 1. The van der Waals surface area contributed by atoms with Crippen molar-refractivity contribution in [2.24, 2.45) is 0 Å². The number of phenolic OH excluding ortho intramolecular Hbond substituents is 1. The Bertz CT molecular complexity index is 867. The van der Waals surface area contributed by atoms with E-state index in [1.165, 1.54) is 0 Å². The highest BCUT2D eigenvalue weighted by Crippen LogP contribution is 2.45. The monoisotopic (exact) mass is 423 g/mol. The minimum absolute atomic E-state index is 0.128. The molecule has 0 unspecified atom stereocenters. The summed E-state index contributed by atoms with van der Waals surface area (Å²) < 4.78 is 6.26. The number of hydrogen-bond acceptors (Lipinski definition) is 5. The molecule has 1 saturated heterocycles. The van der Waals surface area contributed by atoms with Crippen LogP contribution in [0.4, 0.5) is 0 Å². The molecule has 4 rings (SSSR count). The first kappa shape index (κ1) is 19.8. The highest BCUT2D eigenvalue weighted by atomic mass is 35.5. The Morgan fingerprint density at radius 3 is 2.57 bits per heavy atom. The number of piperidine rings is 1. The van der Waals surface area contributed by atoms with Crippen LogP contribution in [0.2, 0.25) is 10.0 Å². The second kappa shape index (κ2) is 7.73. The van der Waals surface area contributed by atoms with Gasteiger partial charge < -0.3 is 25.0 Å².